The Kier molecular flexibility index (Phi) is 3.65. The van der Waals surface area contributed by atoms with Crippen molar-refractivity contribution in [1.82, 2.24) is 0 Å². The zero-order chi connectivity index (χ0) is 11.3. The van der Waals surface area contributed by atoms with E-state index in [9.17, 15) is 4.39 Å². The third kappa shape index (κ3) is 2.69. The number of nitrogens with one attached hydrogen (secondary N) is 1. The summed E-state index contributed by atoms with van der Waals surface area (Å²) in [5.74, 6) is -0.549. The first kappa shape index (κ1) is 11.0. The molecular weight excluding hydrogens is 193 g/mol. The Hall–Kier alpha value is -2.07. The number of benzene rings is 1. The molecule has 0 aromatic heterocycles. The normalized spacial score (nSPS) is 11.2. The van der Waals surface area contributed by atoms with Gasteiger partial charge in [-0.2, -0.15) is 10.5 Å². The maximum atomic E-state index is 13.2. The van der Waals surface area contributed by atoms with Gasteiger partial charge in [-0.3, -0.25) is 0 Å². The molecule has 0 fully saturated rings. The highest BCUT2D eigenvalue weighted by Crippen LogP contribution is 2.18. The van der Waals surface area contributed by atoms with Gasteiger partial charge in [0, 0.05) is 6.04 Å². The molecule has 0 aliphatic rings. The maximum Gasteiger partial charge on any atom is 0.143 e. The minimum absolute atomic E-state index is 0.0118. The molecule has 0 unspecified atom stereocenters. The van der Waals surface area contributed by atoms with Gasteiger partial charge < -0.3 is 5.32 Å². The van der Waals surface area contributed by atoms with Gasteiger partial charge in [0.2, 0.25) is 0 Å². The van der Waals surface area contributed by atoms with Gasteiger partial charge in [-0.15, -0.1) is 0 Å². The molecule has 0 saturated heterocycles. The third-order valence-corrected chi connectivity index (χ3v) is 1.92. The first-order chi connectivity index (χ1) is 7.19. The van der Waals surface area contributed by atoms with E-state index in [1.807, 2.05) is 6.07 Å². The van der Waals surface area contributed by atoms with Crippen molar-refractivity contribution >= 4 is 5.69 Å². The van der Waals surface area contributed by atoms with E-state index in [4.69, 9.17) is 10.5 Å². The van der Waals surface area contributed by atoms with Crippen LogP contribution in [0.5, 0.6) is 0 Å². The van der Waals surface area contributed by atoms with Crippen LogP contribution in [0, 0.1) is 28.5 Å². The molecule has 0 spiro atoms. The first-order valence-corrected chi connectivity index (χ1v) is 4.51. The van der Waals surface area contributed by atoms with E-state index in [1.54, 1.807) is 19.1 Å². The van der Waals surface area contributed by atoms with Crippen LogP contribution in [0.1, 0.15) is 18.9 Å². The summed E-state index contributed by atoms with van der Waals surface area (Å²) < 4.78 is 13.2. The predicted molar refractivity (Wildman–Crippen MR) is 54.4 cm³/mol. The van der Waals surface area contributed by atoms with Crippen LogP contribution in [0.15, 0.2) is 18.2 Å². The minimum atomic E-state index is -0.549. The Morgan fingerprint density at radius 1 is 1.47 bits per heavy atom. The first-order valence-electron chi connectivity index (χ1n) is 4.51. The van der Waals surface area contributed by atoms with Crippen LogP contribution < -0.4 is 5.32 Å². The van der Waals surface area contributed by atoms with Gasteiger partial charge in [0.15, 0.2) is 0 Å². The van der Waals surface area contributed by atoms with Gasteiger partial charge in [0.25, 0.3) is 0 Å². The van der Waals surface area contributed by atoms with Gasteiger partial charge >= 0.3 is 0 Å². The fourth-order valence-corrected chi connectivity index (χ4v) is 1.21. The largest absolute Gasteiger partial charge is 0.380 e. The van der Waals surface area contributed by atoms with Crippen LogP contribution in [0.2, 0.25) is 0 Å². The molecule has 4 heteroatoms. The smallest absolute Gasteiger partial charge is 0.143 e. The molecule has 0 bridgehead atoms. The van der Waals surface area contributed by atoms with E-state index in [2.05, 4.69) is 5.32 Å². The molecule has 3 nitrogen and oxygen atoms in total. The van der Waals surface area contributed by atoms with E-state index in [-0.39, 0.29) is 11.6 Å². The fourth-order valence-electron chi connectivity index (χ4n) is 1.21. The summed E-state index contributed by atoms with van der Waals surface area (Å²) in [4.78, 5) is 0. The summed E-state index contributed by atoms with van der Waals surface area (Å²) in [5.41, 5.74) is 0.419. The average Bonchev–Trinajstić information content (AvgIpc) is 2.18. The van der Waals surface area contributed by atoms with Crippen LogP contribution in [0.3, 0.4) is 0 Å². The number of nitrogens with zero attached hydrogens (tertiary/aromatic N) is 2. The summed E-state index contributed by atoms with van der Waals surface area (Å²) in [7, 11) is 0. The molecule has 0 saturated carbocycles. The van der Waals surface area contributed by atoms with E-state index < -0.39 is 5.82 Å². The molecule has 1 atom stereocenters. The quantitative estimate of drug-likeness (QED) is 0.820. The van der Waals surface area contributed by atoms with Crippen LogP contribution in [0.4, 0.5) is 10.1 Å². The average molecular weight is 203 g/mol. The molecular formula is C11H10FN3. The van der Waals surface area contributed by atoms with E-state index >= 15 is 0 Å². The number of anilines is 1. The van der Waals surface area contributed by atoms with Gasteiger partial charge in [0.05, 0.1) is 18.2 Å². The lowest BCUT2D eigenvalue weighted by atomic mass is 10.1. The van der Waals surface area contributed by atoms with Crippen molar-refractivity contribution < 1.29 is 4.39 Å². The lowest BCUT2D eigenvalue weighted by molar-refractivity contribution is 0.624. The zero-order valence-electron chi connectivity index (χ0n) is 8.29. The molecule has 0 amide bonds. The number of halogens is 1. The second-order valence-electron chi connectivity index (χ2n) is 3.18. The highest BCUT2D eigenvalue weighted by atomic mass is 19.1. The third-order valence-electron chi connectivity index (χ3n) is 1.92. The summed E-state index contributed by atoms with van der Waals surface area (Å²) in [6.07, 6.45) is 0.307. The minimum Gasteiger partial charge on any atom is -0.380 e. The Morgan fingerprint density at radius 3 is 2.80 bits per heavy atom. The molecule has 1 aromatic carbocycles. The SMILES string of the molecule is C[C@H](CC#N)Nc1cccc(F)c1C#N. The van der Waals surface area contributed by atoms with E-state index in [0.717, 1.165) is 0 Å². The van der Waals surface area contributed by atoms with Crippen molar-refractivity contribution in [2.45, 2.75) is 19.4 Å². The second-order valence-corrected chi connectivity index (χ2v) is 3.18. The highest BCUT2D eigenvalue weighted by Gasteiger charge is 2.09. The van der Waals surface area contributed by atoms with Gasteiger partial charge in [-0.1, -0.05) is 6.07 Å². The molecule has 0 radical (unpaired) electrons. The molecule has 76 valence electrons. The highest BCUT2D eigenvalue weighted by molar-refractivity contribution is 5.58. The Bertz CT molecular complexity index is 428. The topological polar surface area (TPSA) is 59.6 Å². The molecule has 1 rings (SSSR count). The molecule has 0 aliphatic carbocycles. The standard InChI is InChI=1S/C11H10FN3/c1-8(5-6-13)15-11-4-2-3-10(12)9(11)7-14/h2-4,8,15H,5H2,1H3/t8-/m1/s1. The lowest BCUT2D eigenvalue weighted by Crippen LogP contribution is -2.15. The maximum absolute atomic E-state index is 13.2. The second kappa shape index (κ2) is 4.97. The van der Waals surface area contributed by atoms with Crippen LogP contribution in [-0.2, 0) is 0 Å². The number of rotatable bonds is 3. The van der Waals surface area contributed by atoms with Gasteiger partial charge in [-0.05, 0) is 19.1 Å². The van der Waals surface area contributed by atoms with Crippen LogP contribution >= 0.6 is 0 Å². The number of nitriles is 2. The fraction of sp³-hybridized carbons (Fsp3) is 0.273. The van der Waals surface area contributed by atoms with E-state index in [1.165, 1.54) is 12.1 Å². The monoisotopic (exact) mass is 203 g/mol. The van der Waals surface area contributed by atoms with Crippen molar-refractivity contribution in [3.63, 3.8) is 0 Å². The van der Waals surface area contributed by atoms with Gasteiger partial charge in [-0.25, -0.2) is 4.39 Å². The van der Waals surface area contributed by atoms with Crippen LogP contribution in [0.25, 0.3) is 0 Å². The van der Waals surface area contributed by atoms with Crippen molar-refractivity contribution in [3.05, 3.63) is 29.6 Å². The molecule has 0 aliphatic heterocycles. The van der Waals surface area contributed by atoms with Crippen molar-refractivity contribution in [3.8, 4) is 12.1 Å². The summed E-state index contributed by atoms with van der Waals surface area (Å²) in [6, 6.07) is 8.06. The van der Waals surface area contributed by atoms with Crippen molar-refractivity contribution in [2.24, 2.45) is 0 Å². The molecule has 15 heavy (non-hydrogen) atoms. The van der Waals surface area contributed by atoms with Crippen molar-refractivity contribution in [2.75, 3.05) is 5.32 Å². The summed E-state index contributed by atoms with van der Waals surface area (Å²) in [6.45, 7) is 1.80. The number of hydrogen-bond donors (Lipinski definition) is 1. The molecule has 1 aromatic rings. The Labute approximate surface area is 87.8 Å². The van der Waals surface area contributed by atoms with Crippen LogP contribution in [-0.4, -0.2) is 6.04 Å². The lowest BCUT2D eigenvalue weighted by Gasteiger charge is -2.13. The Balaban J connectivity index is 2.92. The van der Waals surface area contributed by atoms with Gasteiger partial charge in [0.1, 0.15) is 17.4 Å². The zero-order valence-corrected chi connectivity index (χ0v) is 8.29. The van der Waals surface area contributed by atoms with E-state index in [0.29, 0.717) is 12.1 Å². The summed E-state index contributed by atoms with van der Waals surface area (Å²) in [5, 5.41) is 20.1. The molecule has 0 heterocycles. The predicted octanol–water partition coefficient (Wildman–Crippen LogP) is 2.41. The summed E-state index contributed by atoms with van der Waals surface area (Å²) >= 11 is 0. The van der Waals surface area contributed by atoms with Crippen molar-refractivity contribution in [1.29, 1.82) is 10.5 Å². The number of hydrogen-bond acceptors (Lipinski definition) is 3. The Morgan fingerprint density at radius 2 is 2.20 bits per heavy atom. The molecule has 1 N–H and O–H groups in total.